The minimum absolute atomic E-state index is 0.00856. The van der Waals surface area contributed by atoms with Crippen molar-refractivity contribution in [2.24, 2.45) is 0 Å². The average Bonchev–Trinajstić information content (AvgIpc) is 3.64. The highest BCUT2D eigenvalue weighted by atomic mass is 79.9. The summed E-state index contributed by atoms with van der Waals surface area (Å²) in [7, 11) is 3.32. The molecular formula is C27H36BrNO6. The van der Waals surface area contributed by atoms with E-state index in [0.717, 1.165) is 23.0 Å². The monoisotopic (exact) mass is 549 g/mol. The molecule has 1 fully saturated rings. The van der Waals surface area contributed by atoms with E-state index in [9.17, 15) is 9.59 Å². The van der Waals surface area contributed by atoms with Crippen molar-refractivity contribution in [3.63, 3.8) is 0 Å². The molecule has 0 radical (unpaired) electrons. The topological polar surface area (TPSA) is 83.1 Å². The summed E-state index contributed by atoms with van der Waals surface area (Å²) in [6.45, 7) is 5.51. The molecule has 7 nitrogen and oxygen atoms in total. The van der Waals surface area contributed by atoms with Gasteiger partial charge in [0.05, 0.1) is 24.3 Å². The fraction of sp³-hybridized carbons (Fsp3) is 0.481. The molecule has 192 valence electrons. The van der Waals surface area contributed by atoms with Gasteiger partial charge in [0.2, 0.25) is 0 Å². The van der Waals surface area contributed by atoms with E-state index in [4.69, 9.17) is 18.9 Å². The van der Waals surface area contributed by atoms with Crippen LogP contribution < -0.4 is 14.8 Å². The number of carbonyl (C=O) groups is 2. The number of nitrogens with one attached hydrogen (secondary N) is 1. The van der Waals surface area contributed by atoms with Crippen molar-refractivity contribution in [2.75, 3.05) is 46.0 Å². The van der Waals surface area contributed by atoms with Gasteiger partial charge in [-0.1, -0.05) is 15.9 Å². The second kappa shape index (κ2) is 15.5. The normalized spacial score (nSPS) is 12.4. The van der Waals surface area contributed by atoms with Gasteiger partial charge in [0.25, 0.3) is 0 Å². The molecule has 0 bridgehead atoms. The number of ether oxygens (including phenoxy) is 4. The fourth-order valence-corrected chi connectivity index (χ4v) is 3.50. The first-order chi connectivity index (χ1) is 16.8. The van der Waals surface area contributed by atoms with Crippen molar-refractivity contribution in [1.82, 2.24) is 0 Å². The quantitative estimate of drug-likeness (QED) is 0.230. The van der Waals surface area contributed by atoms with Crippen LogP contribution in [0.1, 0.15) is 60.2 Å². The lowest BCUT2D eigenvalue weighted by atomic mass is 10.1. The predicted molar refractivity (Wildman–Crippen MR) is 141 cm³/mol. The summed E-state index contributed by atoms with van der Waals surface area (Å²) in [5.74, 6) is 1.32. The second-order valence-corrected chi connectivity index (χ2v) is 9.19. The van der Waals surface area contributed by atoms with Crippen LogP contribution >= 0.6 is 15.9 Å². The molecule has 0 atom stereocenters. The molecule has 2 aromatic carbocycles. The Morgan fingerprint density at radius 1 is 0.829 bits per heavy atom. The molecule has 1 N–H and O–H groups in total. The Hall–Kier alpha value is -2.42. The van der Waals surface area contributed by atoms with E-state index < -0.39 is 0 Å². The maximum atomic E-state index is 11.6. The minimum atomic E-state index is 0.00856. The lowest BCUT2D eigenvalue weighted by Crippen LogP contribution is -2.07. The molecule has 35 heavy (non-hydrogen) atoms. The molecule has 1 aliphatic rings. The third-order valence-corrected chi connectivity index (χ3v) is 5.63. The van der Waals surface area contributed by atoms with Gasteiger partial charge in [0, 0.05) is 62.5 Å². The third-order valence-electron chi connectivity index (χ3n) is 5.13. The average molecular weight is 550 g/mol. The van der Waals surface area contributed by atoms with Gasteiger partial charge in [0.15, 0.2) is 11.6 Å². The van der Waals surface area contributed by atoms with Crippen molar-refractivity contribution < 1.29 is 28.5 Å². The molecule has 3 rings (SSSR count). The van der Waals surface area contributed by atoms with Gasteiger partial charge in [0.1, 0.15) is 11.5 Å². The summed E-state index contributed by atoms with van der Waals surface area (Å²) in [5.41, 5.74) is 2.27. The molecule has 0 aromatic heterocycles. The standard InChI is InChI=1S/C15H21NO3.C12H15BrO3/c1-11(17)14-7-6-13(16-12-4-5-12)10-15(14)19-9-3-8-18-2;1-9(14)11-5-4-10(13)8-12(11)16-7-3-6-15-2/h6-7,10,12,16H,3-5,8-9H2,1-2H3;4-5,8H,3,6-7H2,1-2H3. The van der Waals surface area contributed by atoms with Gasteiger partial charge in [-0.2, -0.15) is 0 Å². The van der Waals surface area contributed by atoms with E-state index in [-0.39, 0.29) is 11.6 Å². The SMILES string of the molecule is COCCCOc1cc(Br)ccc1C(C)=O.COCCCOc1cc(NC2CC2)ccc1C(C)=O. The van der Waals surface area contributed by atoms with Crippen LogP contribution in [-0.4, -0.2) is 58.3 Å². The minimum Gasteiger partial charge on any atom is -0.493 e. The molecule has 1 aliphatic carbocycles. The molecule has 0 amide bonds. The summed E-state index contributed by atoms with van der Waals surface area (Å²) in [6, 6.07) is 11.7. The van der Waals surface area contributed by atoms with Crippen LogP contribution in [0.25, 0.3) is 0 Å². The third kappa shape index (κ3) is 10.8. The summed E-state index contributed by atoms with van der Waals surface area (Å²) < 4.78 is 22.1. The molecule has 8 heteroatoms. The van der Waals surface area contributed by atoms with Gasteiger partial charge in [-0.15, -0.1) is 0 Å². The van der Waals surface area contributed by atoms with Crippen molar-refractivity contribution in [3.8, 4) is 11.5 Å². The van der Waals surface area contributed by atoms with E-state index in [1.165, 1.54) is 19.8 Å². The maximum absolute atomic E-state index is 11.6. The first-order valence-corrected chi connectivity index (χ1v) is 12.6. The number of hydrogen-bond acceptors (Lipinski definition) is 7. The highest BCUT2D eigenvalue weighted by Gasteiger charge is 2.21. The van der Waals surface area contributed by atoms with Crippen LogP contribution in [0.5, 0.6) is 11.5 Å². The van der Waals surface area contributed by atoms with Crippen LogP contribution in [0.15, 0.2) is 40.9 Å². The van der Waals surface area contributed by atoms with Crippen LogP contribution in [0.2, 0.25) is 0 Å². The summed E-state index contributed by atoms with van der Waals surface area (Å²) in [4.78, 5) is 22.9. The molecular weight excluding hydrogens is 514 g/mol. The molecule has 0 saturated heterocycles. The number of halogens is 1. The highest BCUT2D eigenvalue weighted by molar-refractivity contribution is 9.10. The molecule has 0 spiro atoms. The summed E-state index contributed by atoms with van der Waals surface area (Å²) in [6.07, 6.45) is 4.06. The van der Waals surface area contributed by atoms with E-state index in [1.54, 1.807) is 27.2 Å². The number of Topliss-reactive ketones (excluding diaryl/α,β-unsaturated/α-hetero) is 2. The van der Waals surface area contributed by atoms with Crippen LogP contribution in [0, 0.1) is 0 Å². The number of ketones is 2. The Labute approximate surface area is 216 Å². The fourth-order valence-electron chi connectivity index (χ4n) is 3.16. The lowest BCUT2D eigenvalue weighted by Gasteiger charge is -2.12. The van der Waals surface area contributed by atoms with E-state index in [2.05, 4.69) is 21.2 Å². The van der Waals surface area contributed by atoms with Gasteiger partial charge < -0.3 is 24.3 Å². The predicted octanol–water partition coefficient (Wildman–Crippen LogP) is 5.95. The van der Waals surface area contributed by atoms with E-state index in [1.807, 2.05) is 30.3 Å². The number of anilines is 1. The Morgan fingerprint density at radius 3 is 1.83 bits per heavy atom. The maximum Gasteiger partial charge on any atom is 0.163 e. The second-order valence-electron chi connectivity index (χ2n) is 8.27. The Balaban J connectivity index is 0.000000251. The first kappa shape index (κ1) is 28.8. The van der Waals surface area contributed by atoms with E-state index in [0.29, 0.717) is 55.1 Å². The Kier molecular flexibility index (Phi) is 12.8. The summed E-state index contributed by atoms with van der Waals surface area (Å²) in [5, 5.41) is 3.41. The number of methoxy groups -OCH3 is 2. The Morgan fingerprint density at radius 2 is 1.34 bits per heavy atom. The number of carbonyl (C=O) groups excluding carboxylic acids is 2. The smallest absolute Gasteiger partial charge is 0.163 e. The zero-order chi connectivity index (χ0) is 25.6. The highest BCUT2D eigenvalue weighted by Crippen LogP contribution is 2.29. The van der Waals surface area contributed by atoms with E-state index >= 15 is 0 Å². The van der Waals surface area contributed by atoms with Crippen molar-refractivity contribution in [1.29, 1.82) is 0 Å². The molecule has 0 heterocycles. The van der Waals surface area contributed by atoms with Gasteiger partial charge in [-0.3, -0.25) is 9.59 Å². The van der Waals surface area contributed by atoms with Gasteiger partial charge in [-0.05, 0) is 57.0 Å². The van der Waals surface area contributed by atoms with Crippen molar-refractivity contribution in [3.05, 3.63) is 52.0 Å². The van der Waals surface area contributed by atoms with Crippen LogP contribution in [-0.2, 0) is 9.47 Å². The molecule has 0 unspecified atom stereocenters. The first-order valence-electron chi connectivity index (χ1n) is 11.8. The van der Waals surface area contributed by atoms with Gasteiger partial charge in [-0.25, -0.2) is 0 Å². The van der Waals surface area contributed by atoms with Crippen molar-refractivity contribution >= 4 is 33.2 Å². The number of rotatable bonds is 14. The van der Waals surface area contributed by atoms with Crippen molar-refractivity contribution in [2.45, 2.75) is 45.6 Å². The molecule has 1 saturated carbocycles. The molecule has 0 aliphatic heterocycles. The lowest BCUT2D eigenvalue weighted by molar-refractivity contribution is 0.0999. The largest absolute Gasteiger partial charge is 0.493 e. The number of benzene rings is 2. The van der Waals surface area contributed by atoms with Crippen LogP contribution in [0.3, 0.4) is 0 Å². The number of hydrogen-bond donors (Lipinski definition) is 1. The zero-order valence-electron chi connectivity index (χ0n) is 21.0. The summed E-state index contributed by atoms with van der Waals surface area (Å²) >= 11 is 3.35. The zero-order valence-corrected chi connectivity index (χ0v) is 22.6. The van der Waals surface area contributed by atoms with Gasteiger partial charge >= 0.3 is 0 Å². The van der Waals surface area contributed by atoms with Crippen LogP contribution in [0.4, 0.5) is 5.69 Å². The Bertz CT molecular complexity index is 961. The molecule has 2 aromatic rings.